The Bertz CT molecular complexity index is 927. The van der Waals surface area contributed by atoms with Crippen molar-refractivity contribution in [2.24, 2.45) is 5.92 Å². The van der Waals surface area contributed by atoms with E-state index in [1.165, 1.54) is 11.1 Å². The summed E-state index contributed by atoms with van der Waals surface area (Å²) in [5.74, 6) is 0.562. The zero-order chi connectivity index (χ0) is 20.4. The first-order chi connectivity index (χ1) is 14.1. The van der Waals surface area contributed by atoms with Crippen molar-refractivity contribution >= 4 is 17.7 Å². The number of benzene rings is 1. The van der Waals surface area contributed by atoms with Crippen molar-refractivity contribution in [3.8, 4) is 0 Å². The van der Waals surface area contributed by atoms with Crippen LogP contribution < -0.4 is 4.90 Å². The second-order valence-electron chi connectivity index (χ2n) is 7.95. The molecule has 0 saturated carbocycles. The van der Waals surface area contributed by atoms with Gasteiger partial charge in [-0.05, 0) is 50.2 Å². The summed E-state index contributed by atoms with van der Waals surface area (Å²) in [4.78, 5) is 36.2. The largest absolute Gasteiger partial charge is 0.466 e. The molecule has 1 aromatic heterocycles. The molecule has 1 aliphatic carbocycles. The second-order valence-corrected chi connectivity index (χ2v) is 7.95. The highest BCUT2D eigenvalue weighted by Gasteiger charge is 2.31. The summed E-state index contributed by atoms with van der Waals surface area (Å²) in [7, 11) is 0. The molecule has 1 aliphatic heterocycles. The van der Waals surface area contributed by atoms with E-state index in [2.05, 4.69) is 24.0 Å². The van der Waals surface area contributed by atoms with Crippen molar-refractivity contribution in [1.82, 2.24) is 9.97 Å². The number of fused-ring (bicyclic) bond motifs is 1. The van der Waals surface area contributed by atoms with Crippen LogP contribution in [0.1, 0.15) is 59.3 Å². The molecule has 2 aliphatic rings. The Balaban J connectivity index is 1.57. The third-order valence-electron chi connectivity index (χ3n) is 5.98. The Morgan fingerprint density at radius 2 is 2.10 bits per heavy atom. The van der Waals surface area contributed by atoms with Crippen LogP contribution >= 0.6 is 0 Å². The quantitative estimate of drug-likeness (QED) is 0.741. The molecule has 1 aromatic carbocycles. The number of aryl methyl sites for hydroxylation is 1. The first-order valence-electron chi connectivity index (χ1n) is 10.4. The van der Waals surface area contributed by atoms with Crippen molar-refractivity contribution in [2.75, 3.05) is 24.6 Å². The number of carbonyl (C=O) groups excluding carboxylic acids is 2. The number of aromatic nitrogens is 2. The molecule has 0 spiro atoms. The van der Waals surface area contributed by atoms with Gasteiger partial charge in [-0.3, -0.25) is 9.59 Å². The van der Waals surface area contributed by atoms with Crippen LogP contribution in [0.5, 0.6) is 0 Å². The zero-order valence-corrected chi connectivity index (χ0v) is 17.1. The fraction of sp³-hybridized carbons (Fsp3) is 0.478. The molecule has 0 amide bonds. The lowest BCUT2D eigenvalue weighted by atomic mass is 9.81. The van der Waals surface area contributed by atoms with E-state index in [1.54, 1.807) is 6.20 Å². The SMILES string of the molecule is CCOC(=O)[C@@H]1CCCN(c2ncc3c(n2)C[C@H](c2ccccc2C)CC3=O)C1. The van der Waals surface area contributed by atoms with Crippen LogP contribution in [0.15, 0.2) is 30.5 Å². The lowest BCUT2D eigenvalue weighted by Crippen LogP contribution is -2.40. The maximum absolute atomic E-state index is 12.7. The van der Waals surface area contributed by atoms with Gasteiger partial charge < -0.3 is 9.64 Å². The van der Waals surface area contributed by atoms with Gasteiger partial charge >= 0.3 is 5.97 Å². The van der Waals surface area contributed by atoms with Gasteiger partial charge in [0.15, 0.2) is 5.78 Å². The summed E-state index contributed by atoms with van der Waals surface area (Å²) >= 11 is 0. The molecule has 2 aromatic rings. The number of hydrogen-bond acceptors (Lipinski definition) is 6. The Labute approximate surface area is 171 Å². The van der Waals surface area contributed by atoms with Crippen molar-refractivity contribution < 1.29 is 14.3 Å². The van der Waals surface area contributed by atoms with E-state index < -0.39 is 0 Å². The maximum atomic E-state index is 12.7. The number of anilines is 1. The van der Waals surface area contributed by atoms with Gasteiger partial charge in [0.2, 0.25) is 5.95 Å². The number of nitrogens with zero attached hydrogens (tertiary/aromatic N) is 3. The number of ketones is 1. The molecule has 0 unspecified atom stereocenters. The molecule has 2 heterocycles. The first-order valence-corrected chi connectivity index (χ1v) is 10.4. The standard InChI is InChI=1S/C23H27N3O3/c1-3-29-22(28)16-8-6-10-26(14-16)23-24-13-19-20(25-23)11-17(12-21(19)27)18-9-5-4-7-15(18)2/h4-5,7,9,13,16-17H,3,6,8,10-12,14H2,1-2H3/t16-,17+/m1/s1. The predicted octanol–water partition coefficient (Wildman–Crippen LogP) is 3.48. The Morgan fingerprint density at radius 3 is 2.90 bits per heavy atom. The maximum Gasteiger partial charge on any atom is 0.310 e. The van der Waals surface area contributed by atoms with E-state index in [0.717, 1.165) is 31.5 Å². The van der Waals surface area contributed by atoms with E-state index >= 15 is 0 Å². The number of rotatable bonds is 4. The van der Waals surface area contributed by atoms with Gasteiger partial charge in [-0.1, -0.05) is 24.3 Å². The Morgan fingerprint density at radius 1 is 1.28 bits per heavy atom. The molecule has 0 radical (unpaired) electrons. The highest BCUT2D eigenvalue weighted by atomic mass is 16.5. The molecule has 152 valence electrons. The van der Waals surface area contributed by atoms with Gasteiger partial charge in [0.1, 0.15) is 0 Å². The number of carbonyl (C=O) groups is 2. The van der Waals surface area contributed by atoms with Gasteiger partial charge in [-0.25, -0.2) is 9.97 Å². The number of ether oxygens (including phenoxy) is 1. The molecule has 29 heavy (non-hydrogen) atoms. The van der Waals surface area contributed by atoms with E-state index in [-0.39, 0.29) is 23.6 Å². The molecular weight excluding hydrogens is 366 g/mol. The third kappa shape index (κ3) is 4.02. The molecule has 0 bridgehead atoms. The van der Waals surface area contributed by atoms with E-state index in [0.29, 0.717) is 31.1 Å². The number of piperidine rings is 1. The average molecular weight is 393 g/mol. The Hall–Kier alpha value is -2.76. The Kier molecular flexibility index (Phi) is 5.60. The van der Waals surface area contributed by atoms with Crippen LogP contribution in [-0.4, -0.2) is 41.4 Å². The minimum absolute atomic E-state index is 0.106. The van der Waals surface area contributed by atoms with Gasteiger partial charge in [0, 0.05) is 25.7 Å². The summed E-state index contributed by atoms with van der Waals surface area (Å²) in [6, 6.07) is 8.24. The molecule has 1 saturated heterocycles. The van der Waals surface area contributed by atoms with Crippen LogP contribution in [0.4, 0.5) is 5.95 Å². The molecule has 1 fully saturated rings. The molecule has 6 heteroatoms. The summed E-state index contributed by atoms with van der Waals surface area (Å²) in [6.07, 6.45) is 4.62. The first kappa shape index (κ1) is 19.6. The van der Waals surface area contributed by atoms with E-state index in [4.69, 9.17) is 9.72 Å². The lowest BCUT2D eigenvalue weighted by molar-refractivity contribution is -0.148. The molecule has 0 N–H and O–H groups in total. The summed E-state index contributed by atoms with van der Waals surface area (Å²) in [6.45, 7) is 5.68. The fourth-order valence-electron chi connectivity index (χ4n) is 4.46. The summed E-state index contributed by atoms with van der Waals surface area (Å²) in [5.41, 5.74) is 3.87. The predicted molar refractivity (Wildman–Crippen MR) is 110 cm³/mol. The highest BCUT2D eigenvalue weighted by molar-refractivity contribution is 5.98. The number of Topliss-reactive ketones (excluding diaryl/α,β-unsaturated/α-hetero) is 1. The molecule has 2 atom stereocenters. The van der Waals surface area contributed by atoms with Crippen molar-refractivity contribution in [1.29, 1.82) is 0 Å². The monoisotopic (exact) mass is 393 g/mol. The average Bonchev–Trinajstić information content (AvgIpc) is 2.74. The second kappa shape index (κ2) is 8.31. The third-order valence-corrected chi connectivity index (χ3v) is 5.98. The topological polar surface area (TPSA) is 72.4 Å². The van der Waals surface area contributed by atoms with Crippen molar-refractivity contribution in [3.63, 3.8) is 0 Å². The van der Waals surface area contributed by atoms with Gasteiger partial charge in [0.25, 0.3) is 0 Å². The van der Waals surface area contributed by atoms with Gasteiger partial charge in [0.05, 0.1) is 23.8 Å². The molecule has 6 nitrogen and oxygen atoms in total. The van der Waals surface area contributed by atoms with Crippen LogP contribution in [0.2, 0.25) is 0 Å². The molecule has 4 rings (SSSR count). The molecular formula is C23H27N3O3. The fourth-order valence-corrected chi connectivity index (χ4v) is 4.46. The van der Waals surface area contributed by atoms with Crippen LogP contribution in [-0.2, 0) is 16.0 Å². The van der Waals surface area contributed by atoms with Crippen molar-refractivity contribution in [2.45, 2.75) is 45.4 Å². The zero-order valence-electron chi connectivity index (χ0n) is 17.1. The summed E-state index contributed by atoms with van der Waals surface area (Å²) < 4.78 is 5.19. The minimum atomic E-state index is -0.148. The normalized spacial score (nSPS) is 21.6. The minimum Gasteiger partial charge on any atom is -0.466 e. The smallest absolute Gasteiger partial charge is 0.310 e. The number of esters is 1. The number of hydrogen-bond donors (Lipinski definition) is 0. The highest BCUT2D eigenvalue weighted by Crippen LogP contribution is 2.34. The van der Waals surface area contributed by atoms with Crippen LogP contribution in [0, 0.1) is 12.8 Å². The van der Waals surface area contributed by atoms with Crippen LogP contribution in [0.25, 0.3) is 0 Å². The van der Waals surface area contributed by atoms with E-state index in [9.17, 15) is 9.59 Å². The van der Waals surface area contributed by atoms with E-state index in [1.807, 2.05) is 24.0 Å². The van der Waals surface area contributed by atoms with Gasteiger partial charge in [-0.15, -0.1) is 0 Å². The van der Waals surface area contributed by atoms with Crippen LogP contribution in [0.3, 0.4) is 0 Å². The van der Waals surface area contributed by atoms with Crippen molar-refractivity contribution in [3.05, 3.63) is 52.8 Å². The lowest BCUT2D eigenvalue weighted by Gasteiger charge is -2.32. The summed E-state index contributed by atoms with van der Waals surface area (Å²) in [5, 5.41) is 0. The van der Waals surface area contributed by atoms with Gasteiger partial charge in [-0.2, -0.15) is 0 Å².